The van der Waals surface area contributed by atoms with Crippen LogP contribution in [-0.4, -0.2) is 25.6 Å². The van der Waals surface area contributed by atoms with Crippen LogP contribution in [0.1, 0.15) is 53.7 Å². The van der Waals surface area contributed by atoms with Crippen molar-refractivity contribution in [3.63, 3.8) is 0 Å². The molecule has 1 aliphatic carbocycles. The van der Waals surface area contributed by atoms with Crippen LogP contribution in [0, 0.1) is 0 Å². The molecule has 1 N–H and O–H groups in total. The van der Waals surface area contributed by atoms with Crippen LogP contribution in [-0.2, 0) is 11.2 Å². The largest absolute Gasteiger partial charge is 0.497 e. The fourth-order valence-corrected chi connectivity index (χ4v) is 3.24. The minimum atomic E-state index is -0.257. The first-order valence-corrected chi connectivity index (χ1v) is 9.45. The van der Waals surface area contributed by atoms with Crippen molar-refractivity contribution < 1.29 is 14.3 Å². The summed E-state index contributed by atoms with van der Waals surface area (Å²) in [5, 5.41) is 2.83. The summed E-state index contributed by atoms with van der Waals surface area (Å²) in [6.07, 6.45) is 3.94. The van der Waals surface area contributed by atoms with Crippen LogP contribution < -0.4 is 10.1 Å². The van der Waals surface area contributed by atoms with Crippen LogP contribution in [0.4, 0.5) is 0 Å². The normalized spacial score (nSPS) is 16.4. The van der Waals surface area contributed by atoms with Gasteiger partial charge in [0.2, 0.25) is 0 Å². The lowest BCUT2D eigenvalue weighted by atomic mass is 9.88. The number of hydrogen-bond acceptors (Lipinski definition) is 4. The quantitative estimate of drug-likeness (QED) is 0.634. The number of aliphatic imine (C=N–C) groups is 1. The Morgan fingerprint density at radius 3 is 2.89 bits per heavy atom. The molecule has 0 heterocycles. The molecule has 0 bridgehead atoms. The van der Waals surface area contributed by atoms with Crippen molar-refractivity contribution in [3.8, 4) is 5.75 Å². The lowest BCUT2D eigenvalue weighted by molar-refractivity contribution is 0.0964. The van der Waals surface area contributed by atoms with E-state index in [9.17, 15) is 4.79 Å². The lowest BCUT2D eigenvalue weighted by Gasteiger charge is -2.23. The second-order valence-electron chi connectivity index (χ2n) is 6.58. The van der Waals surface area contributed by atoms with E-state index in [1.807, 2.05) is 13.0 Å². The second-order valence-corrected chi connectivity index (χ2v) is 6.58. The van der Waals surface area contributed by atoms with Gasteiger partial charge in [-0.25, -0.2) is 4.99 Å². The summed E-state index contributed by atoms with van der Waals surface area (Å²) < 4.78 is 10.9. The molecule has 1 aliphatic rings. The summed E-state index contributed by atoms with van der Waals surface area (Å²) in [6, 6.07) is 15.7. The Balaban J connectivity index is 1.81. The van der Waals surface area contributed by atoms with Gasteiger partial charge in [0.25, 0.3) is 11.9 Å². The molecule has 1 atom stereocenters. The van der Waals surface area contributed by atoms with Gasteiger partial charge in [0, 0.05) is 5.56 Å². The number of ether oxygens (including phenoxy) is 2. The molecule has 0 aliphatic heterocycles. The summed E-state index contributed by atoms with van der Waals surface area (Å²) in [5.41, 5.74) is 3.05. The van der Waals surface area contributed by atoms with E-state index in [0.717, 1.165) is 25.7 Å². The summed E-state index contributed by atoms with van der Waals surface area (Å²) in [7, 11) is 1.58. The molecule has 2 aromatic rings. The number of hydrogen-bond donors (Lipinski definition) is 1. The van der Waals surface area contributed by atoms with E-state index < -0.39 is 0 Å². The van der Waals surface area contributed by atoms with Gasteiger partial charge in [-0.15, -0.1) is 0 Å². The van der Waals surface area contributed by atoms with Crippen molar-refractivity contribution in [2.75, 3.05) is 13.7 Å². The van der Waals surface area contributed by atoms with Crippen LogP contribution in [0.5, 0.6) is 5.75 Å². The molecule has 0 spiro atoms. The fraction of sp³-hybridized carbons (Fsp3) is 0.364. The van der Waals surface area contributed by atoms with Gasteiger partial charge in [0.1, 0.15) is 5.75 Å². The molecular formula is C22H26N2O3. The van der Waals surface area contributed by atoms with Crippen molar-refractivity contribution >= 4 is 11.9 Å². The number of aryl methyl sites for hydroxylation is 1. The highest BCUT2D eigenvalue weighted by Gasteiger charge is 2.21. The first-order chi connectivity index (χ1) is 13.2. The Morgan fingerprint density at radius 2 is 2.07 bits per heavy atom. The van der Waals surface area contributed by atoms with E-state index in [0.29, 0.717) is 17.9 Å². The number of nitrogens with zero attached hydrogens (tertiary/aromatic N) is 1. The zero-order chi connectivity index (χ0) is 19.1. The maximum Gasteiger partial charge on any atom is 0.292 e. The second kappa shape index (κ2) is 9.21. The Morgan fingerprint density at radius 1 is 1.22 bits per heavy atom. The highest BCUT2D eigenvalue weighted by atomic mass is 16.5. The third-order valence-electron chi connectivity index (χ3n) is 4.61. The zero-order valence-corrected chi connectivity index (χ0v) is 15.9. The number of benzene rings is 2. The molecule has 5 heteroatoms. The molecule has 0 fully saturated rings. The molecule has 2 aromatic carbocycles. The minimum Gasteiger partial charge on any atom is -0.497 e. The maximum atomic E-state index is 12.6. The van der Waals surface area contributed by atoms with E-state index >= 15 is 0 Å². The predicted octanol–water partition coefficient (Wildman–Crippen LogP) is 4.29. The Hall–Kier alpha value is -2.82. The standard InChI is InChI=1S/C22H26N2O3/c1-3-14-27-22(24-21(25)17-10-6-11-18(15-17)26-2)23-20-13-7-9-16-8-4-5-12-19(16)20/h4-6,8,10-12,15,20H,3,7,9,13-14H2,1-2H3,(H,23,24,25). The number of amidine groups is 1. The van der Waals surface area contributed by atoms with Crippen LogP contribution in [0.15, 0.2) is 53.5 Å². The summed E-state index contributed by atoms with van der Waals surface area (Å²) in [4.78, 5) is 17.4. The van der Waals surface area contributed by atoms with E-state index in [1.165, 1.54) is 11.1 Å². The Labute approximate surface area is 160 Å². The van der Waals surface area contributed by atoms with Gasteiger partial charge in [-0.1, -0.05) is 37.3 Å². The average molecular weight is 366 g/mol. The van der Waals surface area contributed by atoms with Gasteiger partial charge in [-0.05, 0) is 55.0 Å². The Kier molecular flexibility index (Phi) is 6.47. The van der Waals surface area contributed by atoms with Crippen molar-refractivity contribution in [2.24, 2.45) is 4.99 Å². The van der Waals surface area contributed by atoms with Gasteiger partial charge >= 0.3 is 0 Å². The first kappa shape index (κ1) is 19.0. The third-order valence-corrected chi connectivity index (χ3v) is 4.61. The molecule has 0 aromatic heterocycles. The molecule has 3 rings (SSSR count). The fourth-order valence-electron chi connectivity index (χ4n) is 3.24. The molecule has 5 nitrogen and oxygen atoms in total. The van der Waals surface area contributed by atoms with E-state index in [1.54, 1.807) is 31.4 Å². The maximum absolute atomic E-state index is 12.6. The highest BCUT2D eigenvalue weighted by Crippen LogP contribution is 2.32. The monoisotopic (exact) mass is 366 g/mol. The van der Waals surface area contributed by atoms with Crippen molar-refractivity contribution in [3.05, 3.63) is 65.2 Å². The number of amides is 1. The topological polar surface area (TPSA) is 59.9 Å². The molecule has 1 amide bonds. The average Bonchev–Trinajstić information content (AvgIpc) is 2.72. The van der Waals surface area contributed by atoms with Gasteiger partial charge in [0.15, 0.2) is 0 Å². The zero-order valence-electron chi connectivity index (χ0n) is 15.9. The minimum absolute atomic E-state index is 0.00687. The van der Waals surface area contributed by atoms with E-state index in [4.69, 9.17) is 14.5 Å². The predicted molar refractivity (Wildman–Crippen MR) is 106 cm³/mol. The number of rotatable bonds is 5. The summed E-state index contributed by atoms with van der Waals surface area (Å²) >= 11 is 0. The van der Waals surface area contributed by atoms with Crippen LogP contribution >= 0.6 is 0 Å². The number of carbonyl (C=O) groups is 1. The third kappa shape index (κ3) is 4.88. The van der Waals surface area contributed by atoms with Gasteiger partial charge < -0.3 is 9.47 Å². The smallest absolute Gasteiger partial charge is 0.292 e. The van der Waals surface area contributed by atoms with Crippen molar-refractivity contribution in [1.82, 2.24) is 5.32 Å². The van der Waals surface area contributed by atoms with Gasteiger partial charge in [-0.3, -0.25) is 10.1 Å². The van der Waals surface area contributed by atoms with Gasteiger partial charge in [0.05, 0.1) is 19.8 Å². The summed E-state index contributed by atoms with van der Waals surface area (Å²) in [6.45, 7) is 2.53. The molecule has 0 saturated heterocycles. The molecular weight excluding hydrogens is 340 g/mol. The summed E-state index contributed by atoms with van der Waals surface area (Å²) in [5.74, 6) is 0.379. The molecule has 142 valence electrons. The molecule has 0 radical (unpaired) electrons. The molecule has 0 saturated carbocycles. The lowest BCUT2D eigenvalue weighted by Crippen LogP contribution is -2.33. The highest BCUT2D eigenvalue weighted by molar-refractivity contribution is 6.04. The van der Waals surface area contributed by atoms with Crippen molar-refractivity contribution in [2.45, 2.75) is 38.6 Å². The van der Waals surface area contributed by atoms with Crippen LogP contribution in [0.25, 0.3) is 0 Å². The molecule has 1 unspecified atom stereocenters. The number of fused-ring (bicyclic) bond motifs is 1. The van der Waals surface area contributed by atoms with Crippen LogP contribution in [0.2, 0.25) is 0 Å². The SMILES string of the molecule is CCCOC(=NC1CCCc2ccccc21)NC(=O)c1cccc(OC)c1. The van der Waals surface area contributed by atoms with E-state index in [-0.39, 0.29) is 18.0 Å². The Bertz CT molecular complexity index is 817. The van der Waals surface area contributed by atoms with E-state index in [2.05, 4.69) is 23.5 Å². The molecule has 27 heavy (non-hydrogen) atoms. The van der Waals surface area contributed by atoms with Gasteiger partial charge in [-0.2, -0.15) is 0 Å². The number of carbonyl (C=O) groups excluding carboxylic acids is 1. The van der Waals surface area contributed by atoms with Crippen molar-refractivity contribution in [1.29, 1.82) is 0 Å². The van der Waals surface area contributed by atoms with Crippen LogP contribution in [0.3, 0.4) is 0 Å². The number of methoxy groups -OCH3 is 1. The first-order valence-electron chi connectivity index (χ1n) is 9.45. The number of nitrogens with one attached hydrogen (secondary N) is 1.